The summed E-state index contributed by atoms with van der Waals surface area (Å²) in [7, 11) is 1.56. The molecule has 2 fully saturated rings. The average molecular weight is 624 g/mol. The van der Waals surface area contributed by atoms with Crippen molar-refractivity contribution in [1.29, 1.82) is 0 Å². The fourth-order valence-corrected chi connectivity index (χ4v) is 5.95. The van der Waals surface area contributed by atoms with Crippen LogP contribution in [-0.4, -0.2) is 91.0 Å². The zero-order valence-corrected chi connectivity index (χ0v) is 26.1. The maximum absolute atomic E-state index is 14.2. The molecule has 242 valence electrons. The van der Waals surface area contributed by atoms with Crippen molar-refractivity contribution in [2.24, 2.45) is 5.92 Å². The van der Waals surface area contributed by atoms with E-state index >= 15 is 0 Å². The molecule has 45 heavy (non-hydrogen) atoms. The fourth-order valence-electron chi connectivity index (χ4n) is 5.95. The Labute approximate surface area is 261 Å². The number of alkyl carbamates (subject to hydrolysis) is 1. The van der Waals surface area contributed by atoms with Gasteiger partial charge in [-0.25, -0.2) is 9.59 Å². The number of benzene rings is 1. The second-order valence-electron chi connectivity index (χ2n) is 12.9. The number of nitrogens with one attached hydrogen (secondary N) is 2. The van der Waals surface area contributed by atoms with Crippen molar-refractivity contribution in [2.75, 3.05) is 13.7 Å². The first-order chi connectivity index (χ1) is 21.4. The number of tetrazole rings is 1. The predicted octanol–water partition coefficient (Wildman–Crippen LogP) is 2.86. The number of ether oxygens (including phenoxy) is 2. The number of aliphatic carboxylic acids is 1. The number of carboxylic acids is 1. The molecule has 5 rings (SSSR count). The van der Waals surface area contributed by atoms with Crippen LogP contribution >= 0.6 is 0 Å². The molecule has 5 atom stereocenters. The molecule has 1 aliphatic carbocycles. The van der Waals surface area contributed by atoms with E-state index in [0.29, 0.717) is 30.0 Å². The first-order valence-electron chi connectivity index (χ1n) is 15.4. The Morgan fingerprint density at radius 3 is 2.71 bits per heavy atom. The van der Waals surface area contributed by atoms with Crippen molar-refractivity contribution >= 4 is 23.9 Å². The molecule has 0 bridgehead atoms. The van der Waals surface area contributed by atoms with Gasteiger partial charge in [-0.1, -0.05) is 37.1 Å². The van der Waals surface area contributed by atoms with Gasteiger partial charge in [0.05, 0.1) is 13.2 Å². The minimum atomic E-state index is -1.43. The van der Waals surface area contributed by atoms with Crippen LogP contribution in [0.4, 0.5) is 4.79 Å². The molecule has 1 saturated heterocycles. The van der Waals surface area contributed by atoms with Crippen LogP contribution in [0.2, 0.25) is 0 Å². The molecule has 3 N–H and O–H groups in total. The lowest BCUT2D eigenvalue weighted by Gasteiger charge is -2.30. The third kappa shape index (κ3) is 7.26. The minimum absolute atomic E-state index is 0.0563. The number of carbonyl (C=O) groups is 4. The Morgan fingerprint density at radius 2 is 1.98 bits per heavy atom. The van der Waals surface area contributed by atoms with Gasteiger partial charge < -0.3 is 30.1 Å². The van der Waals surface area contributed by atoms with Gasteiger partial charge in [0.1, 0.15) is 29.0 Å². The van der Waals surface area contributed by atoms with Gasteiger partial charge in [-0.3, -0.25) is 9.59 Å². The molecule has 14 heteroatoms. The molecule has 2 aliphatic heterocycles. The largest absolute Gasteiger partial charge is 0.497 e. The van der Waals surface area contributed by atoms with E-state index in [-0.39, 0.29) is 25.3 Å². The summed E-state index contributed by atoms with van der Waals surface area (Å²) in [6.07, 6.45) is 6.88. The van der Waals surface area contributed by atoms with Crippen LogP contribution in [0.25, 0.3) is 11.4 Å². The van der Waals surface area contributed by atoms with Crippen LogP contribution in [-0.2, 0) is 19.1 Å². The number of allylic oxidation sites excluding steroid dienone is 1. The molecule has 0 spiro atoms. The van der Waals surface area contributed by atoms with E-state index in [1.54, 1.807) is 46.1 Å². The lowest BCUT2D eigenvalue weighted by atomic mass is 10.0. The first-order valence-corrected chi connectivity index (χ1v) is 15.4. The molecule has 1 aromatic heterocycles. The van der Waals surface area contributed by atoms with Crippen molar-refractivity contribution in [3.05, 3.63) is 36.4 Å². The highest BCUT2D eigenvalue weighted by atomic mass is 16.6. The highest BCUT2D eigenvalue weighted by Crippen LogP contribution is 2.45. The van der Waals surface area contributed by atoms with Gasteiger partial charge in [0.15, 0.2) is 0 Å². The Hall–Kier alpha value is -4.49. The van der Waals surface area contributed by atoms with Crippen LogP contribution in [0.5, 0.6) is 5.75 Å². The Morgan fingerprint density at radius 1 is 1.18 bits per heavy atom. The van der Waals surface area contributed by atoms with Gasteiger partial charge in [-0.15, -0.1) is 10.2 Å². The van der Waals surface area contributed by atoms with Gasteiger partial charge in [0.2, 0.25) is 17.6 Å². The summed E-state index contributed by atoms with van der Waals surface area (Å²) in [6.45, 7) is 5.26. The molecule has 3 amide bonds. The van der Waals surface area contributed by atoms with Crippen molar-refractivity contribution in [1.82, 2.24) is 35.7 Å². The van der Waals surface area contributed by atoms with Gasteiger partial charge in [-0.05, 0) is 63.8 Å². The molecule has 0 radical (unpaired) electrons. The highest BCUT2D eigenvalue weighted by molar-refractivity contribution is 5.96. The lowest BCUT2D eigenvalue weighted by molar-refractivity contribution is -0.145. The number of carbonyl (C=O) groups excluding carboxylic acids is 3. The standard InChI is InChI=1S/C31H41N7O7/c1-30(2,3)45-29(43)32-23-14-9-7-5-6-8-12-20-17-31(20,28(41)42)33-26(39)24-16-21(18-37(24)27(23)40)38-35-25(34-36-38)19-11-10-13-22(15-19)44-4/h8,10-13,15,20-21,23-24H,5-7,9,14,16-18H2,1-4H3,(H,32,43)(H,33,39)(H,41,42)/t20-,21-,23+,24+,31-/m1/s1. The van der Waals surface area contributed by atoms with Gasteiger partial charge in [0.25, 0.3) is 0 Å². The number of carboxylic acid groups (broad SMARTS) is 1. The fraction of sp³-hybridized carbons (Fsp3) is 0.581. The molecule has 3 aliphatic rings. The SMILES string of the molecule is COc1cccc(-c2nnn([C@@H]3C[C@H]4C(=O)N[C@]5(C(=O)O)C[C@H]5C=CCCCCC[C@H](NC(=O)OC(C)(C)C)C(=O)N4C3)n2)c1. The van der Waals surface area contributed by atoms with Crippen LogP contribution in [0.3, 0.4) is 0 Å². The topological polar surface area (TPSA) is 178 Å². The number of rotatable bonds is 5. The third-order valence-corrected chi connectivity index (χ3v) is 8.41. The van der Waals surface area contributed by atoms with E-state index in [1.807, 2.05) is 18.2 Å². The monoisotopic (exact) mass is 623 g/mol. The summed E-state index contributed by atoms with van der Waals surface area (Å²) >= 11 is 0. The molecule has 1 saturated carbocycles. The zero-order chi connectivity index (χ0) is 32.4. The highest BCUT2D eigenvalue weighted by Gasteiger charge is 2.61. The summed E-state index contributed by atoms with van der Waals surface area (Å²) in [5.41, 5.74) is -1.52. The Kier molecular flexibility index (Phi) is 9.12. The van der Waals surface area contributed by atoms with Gasteiger partial charge in [-0.2, -0.15) is 4.80 Å². The Bertz CT molecular complexity index is 1470. The molecule has 3 heterocycles. The number of hydrogen-bond acceptors (Lipinski definition) is 9. The number of nitrogens with zero attached hydrogens (tertiary/aromatic N) is 5. The second kappa shape index (κ2) is 12.9. The quantitative estimate of drug-likeness (QED) is 0.420. The van der Waals surface area contributed by atoms with Crippen LogP contribution in [0, 0.1) is 5.92 Å². The average Bonchev–Trinajstić information content (AvgIpc) is 3.31. The molecule has 14 nitrogen and oxygen atoms in total. The van der Waals surface area contributed by atoms with E-state index in [4.69, 9.17) is 9.47 Å². The maximum atomic E-state index is 14.2. The number of hydrogen-bond donors (Lipinski definition) is 3. The summed E-state index contributed by atoms with van der Waals surface area (Å²) in [5, 5.41) is 28.5. The smallest absolute Gasteiger partial charge is 0.408 e. The maximum Gasteiger partial charge on any atom is 0.408 e. The first kappa shape index (κ1) is 31.9. The molecule has 1 aromatic carbocycles. The van der Waals surface area contributed by atoms with Crippen molar-refractivity contribution in [3.63, 3.8) is 0 Å². The van der Waals surface area contributed by atoms with E-state index in [1.165, 1.54) is 9.70 Å². The summed E-state index contributed by atoms with van der Waals surface area (Å²) in [4.78, 5) is 55.9. The Balaban J connectivity index is 1.44. The zero-order valence-electron chi connectivity index (χ0n) is 26.1. The second-order valence-corrected chi connectivity index (χ2v) is 12.9. The summed E-state index contributed by atoms with van der Waals surface area (Å²) in [6, 6.07) is 4.69. The van der Waals surface area contributed by atoms with E-state index in [0.717, 1.165) is 19.3 Å². The number of aromatic nitrogens is 4. The summed E-state index contributed by atoms with van der Waals surface area (Å²) < 4.78 is 10.7. The summed E-state index contributed by atoms with van der Waals surface area (Å²) in [5.74, 6) is -1.52. The van der Waals surface area contributed by atoms with Crippen LogP contribution in [0.15, 0.2) is 36.4 Å². The van der Waals surface area contributed by atoms with E-state index in [9.17, 15) is 24.3 Å². The van der Waals surface area contributed by atoms with E-state index < -0.39 is 53.1 Å². The predicted molar refractivity (Wildman–Crippen MR) is 161 cm³/mol. The van der Waals surface area contributed by atoms with Gasteiger partial charge >= 0.3 is 12.1 Å². The normalized spacial score (nSPS) is 27.3. The van der Waals surface area contributed by atoms with Crippen LogP contribution in [0.1, 0.15) is 71.8 Å². The van der Waals surface area contributed by atoms with Gasteiger partial charge in [0, 0.05) is 24.4 Å². The third-order valence-electron chi connectivity index (χ3n) is 8.41. The van der Waals surface area contributed by atoms with E-state index in [2.05, 4.69) is 26.0 Å². The van der Waals surface area contributed by atoms with Crippen LogP contribution < -0.4 is 15.4 Å². The van der Waals surface area contributed by atoms with Crippen molar-refractivity contribution in [3.8, 4) is 17.1 Å². The van der Waals surface area contributed by atoms with Crippen molar-refractivity contribution in [2.45, 2.75) is 95.0 Å². The number of methoxy groups -OCH3 is 1. The molecular formula is C31H41N7O7. The molecule has 2 aromatic rings. The molecule has 0 unspecified atom stereocenters. The van der Waals surface area contributed by atoms with Crippen molar-refractivity contribution < 1.29 is 33.8 Å². The minimum Gasteiger partial charge on any atom is -0.497 e. The number of fused-ring (bicyclic) bond motifs is 2. The lowest BCUT2D eigenvalue weighted by Crippen LogP contribution is -2.56. The molecular weight excluding hydrogens is 582 g/mol. The number of amides is 3.